The molecular formula is C23H29N3O2. The fourth-order valence-electron chi connectivity index (χ4n) is 4.38. The summed E-state index contributed by atoms with van der Waals surface area (Å²) >= 11 is 0. The number of rotatable bonds is 6. The summed E-state index contributed by atoms with van der Waals surface area (Å²) in [6.07, 6.45) is 1.07. The van der Waals surface area contributed by atoms with E-state index in [1.807, 2.05) is 42.5 Å². The molecule has 1 unspecified atom stereocenters. The molecule has 2 bridgehead atoms. The van der Waals surface area contributed by atoms with Crippen LogP contribution in [0.2, 0.25) is 0 Å². The Balaban J connectivity index is 1.41. The molecule has 5 nitrogen and oxygen atoms in total. The van der Waals surface area contributed by atoms with Crippen LogP contribution in [0.1, 0.15) is 35.3 Å². The van der Waals surface area contributed by atoms with E-state index < -0.39 is 0 Å². The summed E-state index contributed by atoms with van der Waals surface area (Å²) in [6.45, 7) is 5.89. The van der Waals surface area contributed by atoms with Crippen LogP contribution in [-0.4, -0.2) is 61.1 Å². The van der Waals surface area contributed by atoms with Crippen molar-refractivity contribution in [2.24, 2.45) is 0 Å². The lowest BCUT2D eigenvalue weighted by atomic mass is 10.1. The van der Waals surface area contributed by atoms with E-state index in [9.17, 15) is 4.79 Å². The molecule has 148 valence electrons. The topological polar surface area (TPSA) is 44.8 Å². The molecule has 0 aliphatic carbocycles. The average Bonchev–Trinajstić information content (AvgIpc) is 3.17. The zero-order valence-electron chi connectivity index (χ0n) is 16.7. The Hall–Kier alpha value is -2.37. The fourth-order valence-corrected chi connectivity index (χ4v) is 4.38. The van der Waals surface area contributed by atoms with Gasteiger partial charge in [0.1, 0.15) is 5.75 Å². The molecule has 28 heavy (non-hydrogen) atoms. The van der Waals surface area contributed by atoms with Gasteiger partial charge < -0.3 is 15.0 Å². The summed E-state index contributed by atoms with van der Waals surface area (Å²) in [5.74, 6) is 1.05. The molecular weight excluding hydrogens is 350 g/mol. The van der Waals surface area contributed by atoms with Crippen LogP contribution in [-0.2, 0) is 0 Å². The van der Waals surface area contributed by atoms with Crippen molar-refractivity contribution in [1.82, 2.24) is 15.1 Å². The number of hydrogen-bond acceptors (Lipinski definition) is 4. The van der Waals surface area contributed by atoms with E-state index in [0.717, 1.165) is 43.9 Å². The molecule has 2 aromatic rings. The van der Waals surface area contributed by atoms with E-state index in [2.05, 4.69) is 34.2 Å². The lowest BCUT2D eigenvalue weighted by molar-refractivity contribution is 0.0492. The first-order chi connectivity index (χ1) is 13.7. The molecule has 1 N–H and O–H groups in total. The number of carbonyl (C=O) groups is 1. The van der Waals surface area contributed by atoms with Crippen molar-refractivity contribution in [3.05, 3.63) is 65.7 Å². The number of fused-ring (bicyclic) bond motifs is 2. The van der Waals surface area contributed by atoms with Gasteiger partial charge in [-0.05, 0) is 43.2 Å². The minimum atomic E-state index is 0.165. The second kappa shape index (κ2) is 8.33. The van der Waals surface area contributed by atoms with Gasteiger partial charge in [-0.25, -0.2) is 0 Å². The van der Waals surface area contributed by atoms with Crippen LogP contribution in [0, 0.1) is 0 Å². The van der Waals surface area contributed by atoms with Gasteiger partial charge >= 0.3 is 0 Å². The van der Waals surface area contributed by atoms with E-state index in [1.165, 1.54) is 5.56 Å². The largest absolute Gasteiger partial charge is 0.497 e. The summed E-state index contributed by atoms with van der Waals surface area (Å²) in [7, 11) is 1.70. The van der Waals surface area contributed by atoms with E-state index in [-0.39, 0.29) is 11.9 Å². The van der Waals surface area contributed by atoms with Crippen LogP contribution in [0.4, 0.5) is 0 Å². The molecule has 2 saturated heterocycles. The second-order valence-electron chi connectivity index (χ2n) is 7.82. The van der Waals surface area contributed by atoms with Crippen molar-refractivity contribution in [2.45, 2.75) is 31.5 Å². The first-order valence-electron chi connectivity index (χ1n) is 10.1. The van der Waals surface area contributed by atoms with Crippen molar-refractivity contribution in [1.29, 1.82) is 0 Å². The summed E-state index contributed by atoms with van der Waals surface area (Å²) in [4.78, 5) is 17.7. The van der Waals surface area contributed by atoms with E-state index >= 15 is 0 Å². The van der Waals surface area contributed by atoms with Crippen molar-refractivity contribution in [3.63, 3.8) is 0 Å². The average molecular weight is 380 g/mol. The van der Waals surface area contributed by atoms with Crippen molar-refractivity contribution in [3.8, 4) is 5.75 Å². The summed E-state index contributed by atoms with van der Waals surface area (Å²) < 4.78 is 5.34. The van der Waals surface area contributed by atoms with Gasteiger partial charge in [-0.15, -0.1) is 0 Å². The third-order valence-corrected chi connectivity index (χ3v) is 6.09. The Bertz CT molecular complexity index is 811. The van der Waals surface area contributed by atoms with Gasteiger partial charge in [0.25, 0.3) is 5.91 Å². The van der Waals surface area contributed by atoms with Gasteiger partial charge in [0.15, 0.2) is 0 Å². The molecule has 1 amide bonds. The number of ether oxygens (including phenoxy) is 1. The maximum Gasteiger partial charge on any atom is 0.254 e. The molecule has 4 rings (SSSR count). The lowest BCUT2D eigenvalue weighted by Gasteiger charge is -2.40. The second-order valence-corrected chi connectivity index (χ2v) is 7.82. The van der Waals surface area contributed by atoms with Gasteiger partial charge in [-0.3, -0.25) is 9.69 Å². The quantitative estimate of drug-likeness (QED) is 0.838. The highest BCUT2D eigenvalue weighted by molar-refractivity contribution is 5.94. The smallest absolute Gasteiger partial charge is 0.254 e. The highest BCUT2D eigenvalue weighted by Gasteiger charge is 2.40. The SMILES string of the molecule is COc1cccc([C@@H](C)NC[C@H]2CN(C(=O)c3ccccc3)[C@H]3CCN2C3)c1. The van der Waals surface area contributed by atoms with E-state index in [4.69, 9.17) is 4.74 Å². The first-order valence-corrected chi connectivity index (χ1v) is 10.1. The van der Waals surface area contributed by atoms with Crippen LogP contribution in [0.5, 0.6) is 5.75 Å². The molecule has 2 aliphatic heterocycles. The van der Waals surface area contributed by atoms with Gasteiger partial charge in [-0.2, -0.15) is 0 Å². The standard InChI is InChI=1S/C23H29N3O2/c1-17(19-9-6-10-22(13-19)28-2)24-14-21-16-26(20-11-12-25(21)15-20)23(27)18-7-4-3-5-8-18/h3-10,13,17,20-21,24H,11-12,14-16H2,1-2H3/t17-,20+,21+/m1/s1. The summed E-state index contributed by atoms with van der Waals surface area (Å²) in [6, 6.07) is 18.8. The fraction of sp³-hybridized carbons (Fsp3) is 0.435. The third kappa shape index (κ3) is 3.91. The predicted molar refractivity (Wildman–Crippen MR) is 111 cm³/mol. The number of amides is 1. The zero-order valence-corrected chi connectivity index (χ0v) is 16.7. The van der Waals surface area contributed by atoms with Crippen LogP contribution in [0.3, 0.4) is 0 Å². The molecule has 4 atom stereocenters. The molecule has 0 radical (unpaired) electrons. The number of hydrogen-bond donors (Lipinski definition) is 1. The van der Waals surface area contributed by atoms with Crippen molar-refractivity contribution in [2.75, 3.05) is 33.3 Å². The number of nitrogens with one attached hydrogen (secondary N) is 1. The van der Waals surface area contributed by atoms with Crippen LogP contribution < -0.4 is 10.1 Å². The molecule has 0 spiro atoms. The molecule has 5 heteroatoms. The maximum atomic E-state index is 13.0. The van der Waals surface area contributed by atoms with Gasteiger partial charge in [0.05, 0.1) is 7.11 Å². The summed E-state index contributed by atoms with van der Waals surface area (Å²) in [5, 5.41) is 3.67. The third-order valence-electron chi connectivity index (χ3n) is 6.09. The minimum absolute atomic E-state index is 0.165. The monoisotopic (exact) mass is 379 g/mol. The van der Waals surface area contributed by atoms with Gasteiger partial charge in [0, 0.05) is 49.9 Å². The molecule has 2 aromatic carbocycles. The number of nitrogens with zero attached hydrogens (tertiary/aromatic N) is 2. The number of piperazine rings is 1. The van der Waals surface area contributed by atoms with E-state index in [0.29, 0.717) is 12.1 Å². The normalized spacial score (nSPS) is 24.8. The highest BCUT2D eigenvalue weighted by Crippen LogP contribution is 2.27. The Labute approximate surface area is 167 Å². The highest BCUT2D eigenvalue weighted by atomic mass is 16.5. The first kappa shape index (κ1) is 19.0. The number of methoxy groups -OCH3 is 1. The molecule has 2 heterocycles. The van der Waals surface area contributed by atoms with Crippen molar-refractivity contribution < 1.29 is 9.53 Å². The summed E-state index contributed by atoms with van der Waals surface area (Å²) in [5.41, 5.74) is 2.01. The van der Waals surface area contributed by atoms with Crippen LogP contribution in [0.15, 0.2) is 54.6 Å². The molecule has 2 aliphatic rings. The Morgan fingerprint density at radius 2 is 2.00 bits per heavy atom. The molecule has 0 saturated carbocycles. The van der Waals surface area contributed by atoms with E-state index in [1.54, 1.807) is 7.11 Å². The maximum absolute atomic E-state index is 13.0. The van der Waals surface area contributed by atoms with Gasteiger partial charge in [-0.1, -0.05) is 30.3 Å². The minimum Gasteiger partial charge on any atom is -0.497 e. The number of benzene rings is 2. The Kier molecular flexibility index (Phi) is 5.64. The predicted octanol–water partition coefficient (Wildman–Crippen LogP) is 2.94. The lowest BCUT2D eigenvalue weighted by Crippen LogP contribution is -2.57. The van der Waals surface area contributed by atoms with Crippen molar-refractivity contribution >= 4 is 5.91 Å². The van der Waals surface area contributed by atoms with Crippen LogP contribution >= 0.6 is 0 Å². The zero-order chi connectivity index (χ0) is 19.5. The van der Waals surface area contributed by atoms with Crippen LogP contribution in [0.25, 0.3) is 0 Å². The Morgan fingerprint density at radius 1 is 1.18 bits per heavy atom. The molecule has 0 aromatic heterocycles. The Morgan fingerprint density at radius 3 is 2.79 bits per heavy atom. The van der Waals surface area contributed by atoms with Gasteiger partial charge in [0.2, 0.25) is 0 Å². The molecule has 2 fully saturated rings. The number of carbonyl (C=O) groups excluding carboxylic acids is 1.